The Kier molecular flexibility index (Phi) is 3.91. The van der Waals surface area contributed by atoms with Crippen LogP contribution in [0.25, 0.3) is 10.9 Å². The van der Waals surface area contributed by atoms with Crippen LogP contribution in [0.4, 0.5) is 0 Å². The molecule has 1 atom stereocenters. The number of hydrogen-bond acceptors (Lipinski definition) is 3. The van der Waals surface area contributed by atoms with Crippen LogP contribution in [0.5, 0.6) is 0 Å². The van der Waals surface area contributed by atoms with Crippen LogP contribution in [-0.4, -0.2) is 39.2 Å². The van der Waals surface area contributed by atoms with Gasteiger partial charge in [-0.05, 0) is 44.7 Å². The highest BCUT2D eigenvalue weighted by molar-refractivity contribution is 5.82. The molecule has 1 unspecified atom stereocenters. The quantitative estimate of drug-likeness (QED) is 0.930. The Hall–Kier alpha value is -2.14. The van der Waals surface area contributed by atoms with Crippen LogP contribution in [0.15, 0.2) is 35.1 Å². The van der Waals surface area contributed by atoms with Crippen molar-refractivity contribution in [3.8, 4) is 0 Å². The van der Waals surface area contributed by atoms with Crippen LogP contribution >= 0.6 is 0 Å². The first-order chi connectivity index (χ1) is 12.0. The number of aromatic nitrogens is 1. The number of likely N-dealkylation sites (tertiary alicyclic amines) is 1. The average molecular weight is 340 g/mol. The number of pyridine rings is 1. The molecule has 5 nitrogen and oxygen atoms in total. The van der Waals surface area contributed by atoms with Gasteiger partial charge in [0.2, 0.25) is 5.91 Å². The normalized spacial score (nSPS) is 22.2. The lowest BCUT2D eigenvalue weighted by Gasteiger charge is -2.35. The van der Waals surface area contributed by atoms with Crippen molar-refractivity contribution in [1.29, 1.82) is 0 Å². The standard InChI is InChI=1S/C20H24N2O3/c1-14-11-18(23)16-6-2-3-7-17(16)22(14)13-19(24)21-10-4-5-15(12-21)20(25)8-9-20/h2-3,6-7,11,15,25H,4-5,8-10,12-13H2,1H3. The van der Waals surface area contributed by atoms with Gasteiger partial charge in [0.05, 0.1) is 11.1 Å². The van der Waals surface area contributed by atoms with Crippen molar-refractivity contribution in [3.63, 3.8) is 0 Å². The van der Waals surface area contributed by atoms with E-state index in [2.05, 4.69) is 0 Å². The molecule has 2 aliphatic rings. The van der Waals surface area contributed by atoms with E-state index in [-0.39, 0.29) is 23.8 Å². The molecule has 1 saturated carbocycles. The molecule has 5 heteroatoms. The summed E-state index contributed by atoms with van der Waals surface area (Å²) in [5, 5.41) is 11.0. The Morgan fingerprint density at radius 2 is 2.08 bits per heavy atom. The first kappa shape index (κ1) is 16.3. The van der Waals surface area contributed by atoms with Crippen molar-refractivity contribution in [2.45, 2.75) is 44.8 Å². The Morgan fingerprint density at radius 1 is 1.32 bits per heavy atom. The van der Waals surface area contributed by atoms with Crippen LogP contribution in [0.1, 0.15) is 31.4 Å². The molecule has 0 bridgehead atoms. The molecule has 1 aromatic carbocycles. The zero-order valence-corrected chi connectivity index (χ0v) is 14.6. The maximum atomic E-state index is 12.9. The first-order valence-corrected chi connectivity index (χ1v) is 9.07. The van der Waals surface area contributed by atoms with Crippen LogP contribution < -0.4 is 5.43 Å². The highest BCUT2D eigenvalue weighted by Gasteiger charge is 2.49. The van der Waals surface area contributed by atoms with Gasteiger partial charge < -0.3 is 14.6 Å². The van der Waals surface area contributed by atoms with Gasteiger partial charge in [-0.2, -0.15) is 0 Å². The van der Waals surface area contributed by atoms with Crippen LogP contribution in [0.3, 0.4) is 0 Å². The number of carbonyl (C=O) groups is 1. The summed E-state index contributed by atoms with van der Waals surface area (Å²) in [7, 11) is 0. The Labute approximate surface area is 146 Å². The summed E-state index contributed by atoms with van der Waals surface area (Å²) in [4.78, 5) is 26.9. The minimum absolute atomic E-state index is 0.00853. The molecule has 2 aromatic rings. The Bertz CT molecular complexity index is 882. The van der Waals surface area contributed by atoms with Gasteiger partial charge in [0.25, 0.3) is 0 Å². The third-order valence-corrected chi connectivity index (χ3v) is 5.82. The van der Waals surface area contributed by atoms with E-state index in [1.54, 1.807) is 12.1 Å². The topological polar surface area (TPSA) is 62.5 Å². The van der Waals surface area contributed by atoms with Crippen molar-refractivity contribution < 1.29 is 9.90 Å². The van der Waals surface area contributed by atoms with Crippen LogP contribution in [0, 0.1) is 12.8 Å². The van der Waals surface area contributed by atoms with Gasteiger partial charge in [0.1, 0.15) is 6.54 Å². The van der Waals surface area contributed by atoms with Crippen molar-refractivity contribution in [2.24, 2.45) is 5.92 Å². The molecule has 25 heavy (non-hydrogen) atoms. The summed E-state index contributed by atoms with van der Waals surface area (Å²) in [5.41, 5.74) is 1.06. The van der Waals surface area contributed by atoms with Crippen molar-refractivity contribution >= 4 is 16.8 Å². The van der Waals surface area contributed by atoms with E-state index in [0.717, 1.165) is 43.4 Å². The average Bonchev–Trinajstić information content (AvgIpc) is 3.37. The summed E-state index contributed by atoms with van der Waals surface area (Å²) in [6, 6.07) is 9.03. The summed E-state index contributed by atoms with van der Waals surface area (Å²) < 4.78 is 1.93. The second-order valence-corrected chi connectivity index (χ2v) is 7.54. The number of para-hydroxylation sites is 1. The van der Waals surface area contributed by atoms with E-state index in [1.165, 1.54) is 0 Å². The summed E-state index contributed by atoms with van der Waals surface area (Å²) in [5.74, 6) is 0.267. The van der Waals surface area contributed by atoms with Gasteiger partial charge >= 0.3 is 0 Å². The predicted molar refractivity (Wildman–Crippen MR) is 96.4 cm³/mol. The Morgan fingerprint density at radius 3 is 2.84 bits per heavy atom. The van der Waals surface area contributed by atoms with Crippen LogP contribution in [0.2, 0.25) is 0 Å². The number of nitrogens with zero attached hydrogens (tertiary/aromatic N) is 2. The molecule has 1 aliphatic heterocycles. The minimum atomic E-state index is -0.529. The number of aliphatic hydroxyl groups is 1. The fraction of sp³-hybridized carbons (Fsp3) is 0.500. The molecular weight excluding hydrogens is 316 g/mol. The van der Waals surface area contributed by atoms with E-state index in [9.17, 15) is 14.7 Å². The molecule has 1 amide bonds. The first-order valence-electron chi connectivity index (χ1n) is 9.07. The molecule has 2 heterocycles. The maximum absolute atomic E-state index is 12.9. The molecular formula is C20H24N2O3. The largest absolute Gasteiger partial charge is 0.390 e. The lowest BCUT2D eigenvalue weighted by Crippen LogP contribution is -2.45. The second-order valence-electron chi connectivity index (χ2n) is 7.54. The second kappa shape index (κ2) is 5.99. The van der Waals surface area contributed by atoms with E-state index in [4.69, 9.17) is 0 Å². The fourth-order valence-corrected chi connectivity index (χ4v) is 4.08. The summed E-state index contributed by atoms with van der Waals surface area (Å²) >= 11 is 0. The molecule has 2 fully saturated rings. The molecule has 4 rings (SSSR count). The summed E-state index contributed by atoms with van der Waals surface area (Å²) in [6.45, 7) is 3.50. The van der Waals surface area contributed by atoms with Crippen molar-refractivity contribution in [1.82, 2.24) is 9.47 Å². The van der Waals surface area contributed by atoms with Crippen molar-refractivity contribution in [2.75, 3.05) is 13.1 Å². The lowest BCUT2D eigenvalue weighted by atomic mass is 9.90. The molecule has 0 spiro atoms. The number of benzene rings is 1. The van der Waals surface area contributed by atoms with E-state index >= 15 is 0 Å². The molecule has 1 aromatic heterocycles. The summed E-state index contributed by atoms with van der Waals surface area (Å²) in [6.07, 6.45) is 3.68. The van der Waals surface area contributed by atoms with E-state index < -0.39 is 5.60 Å². The van der Waals surface area contributed by atoms with Gasteiger partial charge in [-0.1, -0.05) is 12.1 Å². The third-order valence-electron chi connectivity index (χ3n) is 5.82. The van der Waals surface area contributed by atoms with Gasteiger partial charge in [-0.15, -0.1) is 0 Å². The SMILES string of the molecule is Cc1cc(=O)c2ccccc2n1CC(=O)N1CCCC(C2(O)CC2)C1. The molecule has 1 aliphatic carbocycles. The fourth-order valence-electron chi connectivity index (χ4n) is 4.08. The number of aryl methyl sites for hydroxylation is 1. The van der Waals surface area contributed by atoms with Gasteiger partial charge in [0.15, 0.2) is 5.43 Å². The van der Waals surface area contributed by atoms with Crippen molar-refractivity contribution in [3.05, 3.63) is 46.2 Å². The highest BCUT2D eigenvalue weighted by Crippen LogP contribution is 2.45. The molecule has 132 valence electrons. The number of fused-ring (bicyclic) bond motifs is 1. The van der Waals surface area contributed by atoms with E-state index in [1.807, 2.05) is 34.6 Å². The lowest BCUT2D eigenvalue weighted by molar-refractivity contribution is -0.134. The van der Waals surface area contributed by atoms with Gasteiger partial charge in [0, 0.05) is 36.2 Å². The smallest absolute Gasteiger partial charge is 0.242 e. The van der Waals surface area contributed by atoms with E-state index in [0.29, 0.717) is 11.9 Å². The minimum Gasteiger partial charge on any atom is -0.390 e. The zero-order chi connectivity index (χ0) is 17.6. The van der Waals surface area contributed by atoms with Crippen LogP contribution in [-0.2, 0) is 11.3 Å². The maximum Gasteiger partial charge on any atom is 0.242 e. The third kappa shape index (κ3) is 2.97. The number of hydrogen-bond donors (Lipinski definition) is 1. The number of carbonyl (C=O) groups excluding carboxylic acids is 1. The van der Waals surface area contributed by atoms with Gasteiger partial charge in [-0.25, -0.2) is 0 Å². The monoisotopic (exact) mass is 340 g/mol. The Balaban J connectivity index is 1.59. The molecule has 1 saturated heterocycles. The zero-order valence-electron chi connectivity index (χ0n) is 14.6. The molecule has 0 radical (unpaired) electrons. The highest BCUT2D eigenvalue weighted by atomic mass is 16.3. The number of amides is 1. The number of rotatable bonds is 3. The molecule has 1 N–H and O–H groups in total. The van der Waals surface area contributed by atoms with Gasteiger partial charge in [-0.3, -0.25) is 9.59 Å². The number of piperidine rings is 1. The predicted octanol–water partition coefficient (Wildman–Crippen LogP) is 2.07.